The molecule has 100 valence electrons. The molecule has 2 rings (SSSR count). The Kier molecular flexibility index (Phi) is 4.56. The predicted molar refractivity (Wildman–Crippen MR) is 78.4 cm³/mol. The molecule has 0 saturated carbocycles. The van der Waals surface area contributed by atoms with Gasteiger partial charge in [-0.25, -0.2) is 0 Å². The number of hydrogen-bond donors (Lipinski definition) is 0. The number of pyridine rings is 1. The summed E-state index contributed by atoms with van der Waals surface area (Å²) in [7, 11) is 0. The first-order chi connectivity index (χ1) is 9.18. The Morgan fingerprint density at radius 2 is 1.68 bits per heavy atom. The third-order valence-electron chi connectivity index (χ3n) is 3.42. The second-order valence-corrected chi connectivity index (χ2v) is 5.38. The minimum atomic E-state index is 0.170. The lowest BCUT2D eigenvalue weighted by Crippen LogP contribution is -2.18. The number of rotatable bonds is 6. The second kappa shape index (κ2) is 6.37. The molecule has 0 aliphatic carbocycles. The highest BCUT2D eigenvalue weighted by Gasteiger charge is 2.19. The maximum Gasteiger partial charge on any atom is 0.119 e. The van der Waals surface area contributed by atoms with Gasteiger partial charge in [0.05, 0.1) is 6.61 Å². The van der Waals surface area contributed by atoms with Crippen molar-refractivity contribution in [1.82, 2.24) is 4.98 Å². The van der Waals surface area contributed by atoms with Crippen LogP contribution in [0.15, 0.2) is 54.9 Å². The normalized spacial score (nSPS) is 11.3. The zero-order chi connectivity index (χ0) is 13.6. The van der Waals surface area contributed by atoms with Crippen molar-refractivity contribution < 1.29 is 4.74 Å². The molecule has 0 spiro atoms. The average Bonchev–Trinajstić information content (AvgIpc) is 2.46. The van der Waals surface area contributed by atoms with E-state index < -0.39 is 0 Å². The lowest BCUT2D eigenvalue weighted by Gasteiger charge is -2.25. The minimum Gasteiger partial charge on any atom is -0.494 e. The van der Waals surface area contributed by atoms with Gasteiger partial charge in [0.15, 0.2) is 0 Å². The predicted octanol–water partition coefficient (Wildman–Crippen LogP) is 4.22. The van der Waals surface area contributed by atoms with Crippen LogP contribution in [-0.4, -0.2) is 11.6 Å². The topological polar surface area (TPSA) is 22.1 Å². The molecule has 2 aromatic rings. The molecule has 0 aliphatic rings. The van der Waals surface area contributed by atoms with Crippen LogP contribution in [0.4, 0.5) is 0 Å². The van der Waals surface area contributed by atoms with Crippen LogP contribution in [0, 0.1) is 0 Å². The maximum absolute atomic E-state index is 5.72. The fourth-order valence-corrected chi connectivity index (χ4v) is 2.17. The van der Waals surface area contributed by atoms with Gasteiger partial charge in [0, 0.05) is 12.4 Å². The van der Waals surface area contributed by atoms with Gasteiger partial charge in [0.1, 0.15) is 5.75 Å². The van der Waals surface area contributed by atoms with Gasteiger partial charge >= 0.3 is 0 Å². The molecule has 2 heteroatoms. The highest BCUT2D eigenvalue weighted by Crippen LogP contribution is 2.27. The largest absolute Gasteiger partial charge is 0.494 e. The van der Waals surface area contributed by atoms with E-state index in [2.05, 4.69) is 31.0 Å². The summed E-state index contributed by atoms with van der Waals surface area (Å²) in [6, 6.07) is 14.2. The highest BCUT2D eigenvalue weighted by atomic mass is 16.5. The van der Waals surface area contributed by atoms with E-state index >= 15 is 0 Å². The zero-order valence-electron chi connectivity index (χ0n) is 11.7. The van der Waals surface area contributed by atoms with Gasteiger partial charge in [0.25, 0.3) is 0 Å². The molecule has 0 atom stereocenters. The van der Waals surface area contributed by atoms with E-state index in [-0.39, 0.29) is 5.41 Å². The second-order valence-electron chi connectivity index (χ2n) is 5.38. The molecule has 0 amide bonds. The van der Waals surface area contributed by atoms with Crippen LogP contribution < -0.4 is 4.74 Å². The molecule has 0 bridgehead atoms. The molecule has 1 aromatic carbocycles. The van der Waals surface area contributed by atoms with Gasteiger partial charge in [-0.05, 0) is 48.1 Å². The van der Waals surface area contributed by atoms with Crippen molar-refractivity contribution in [2.45, 2.75) is 32.1 Å². The molecule has 0 aliphatic heterocycles. The van der Waals surface area contributed by atoms with Crippen molar-refractivity contribution in [3.05, 3.63) is 60.4 Å². The summed E-state index contributed by atoms with van der Waals surface area (Å²) in [5, 5.41) is 0. The fraction of sp³-hybridized carbons (Fsp3) is 0.353. The van der Waals surface area contributed by atoms with Crippen LogP contribution in [0.1, 0.15) is 32.3 Å². The van der Waals surface area contributed by atoms with E-state index in [1.54, 1.807) is 0 Å². The SMILES string of the molecule is CC(C)(CCCOc1ccccc1)c1ccncc1. The molecule has 0 saturated heterocycles. The standard InChI is InChI=1S/C17H21NO/c1-17(2,15-9-12-18-13-10-15)11-6-14-19-16-7-4-3-5-8-16/h3-5,7-10,12-13H,6,11,14H2,1-2H3. The number of para-hydroxylation sites is 1. The zero-order valence-corrected chi connectivity index (χ0v) is 11.7. The highest BCUT2D eigenvalue weighted by molar-refractivity contribution is 5.21. The molecule has 2 nitrogen and oxygen atoms in total. The summed E-state index contributed by atoms with van der Waals surface area (Å²) in [5.74, 6) is 0.948. The molecular weight excluding hydrogens is 234 g/mol. The Bertz CT molecular complexity index is 479. The van der Waals surface area contributed by atoms with Crippen LogP contribution in [0.2, 0.25) is 0 Å². The Labute approximate surface area is 115 Å². The van der Waals surface area contributed by atoms with Gasteiger partial charge in [-0.1, -0.05) is 32.0 Å². The van der Waals surface area contributed by atoms with E-state index in [0.717, 1.165) is 25.2 Å². The van der Waals surface area contributed by atoms with Crippen LogP contribution >= 0.6 is 0 Å². The van der Waals surface area contributed by atoms with E-state index in [9.17, 15) is 0 Å². The summed E-state index contributed by atoms with van der Waals surface area (Å²) in [5.41, 5.74) is 1.51. The van der Waals surface area contributed by atoms with Crippen molar-refractivity contribution in [3.8, 4) is 5.75 Å². The number of nitrogens with zero attached hydrogens (tertiary/aromatic N) is 1. The molecule has 0 fully saturated rings. The van der Waals surface area contributed by atoms with Gasteiger partial charge < -0.3 is 4.74 Å². The van der Waals surface area contributed by atoms with Crippen LogP contribution in [0.5, 0.6) is 5.75 Å². The molecular formula is C17H21NO. The Hall–Kier alpha value is -1.83. The average molecular weight is 255 g/mol. The van der Waals surface area contributed by atoms with Crippen LogP contribution in [0.25, 0.3) is 0 Å². The molecule has 0 unspecified atom stereocenters. The van der Waals surface area contributed by atoms with E-state index in [0.29, 0.717) is 0 Å². The van der Waals surface area contributed by atoms with Crippen molar-refractivity contribution in [3.63, 3.8) is 0 Å². The first kappa shape index (κ1) is 13.6. The maximum atomic E-state index is 5.72. The monoisotopic (exact) mass is 255 g/mol. The molecule has 19 heavy (non-hydrogen) atoms. The smallest absolute Gasteiger partial charge is 0.119 e. The Morgan fingerprint density at radius 1 is 1.00 bits per heavy atom. The van der Waals surface area contributed by atoms with E-state index in [1.165, 1.54) is 5.56 Å². The van der Waals surface area contributed by atoms with Gasteiger partial charge in [-0.2, -0.15) is 0 Å². The van der Waals surface area contributed by atoms with Gasteiger partial charge in [0.2, 0.25) is 0 Å². The first-order valence-electron chi connectivity index (χ1n) is 6.77. The van der Waals surface area contributed by atoms with Crippen molar-refractivity contribution >= 4 is 0 Å². The lowest BCUT2D eigenvalue weighted by molar-refractivity contribution is 0.289. The number of hydrogen-bond acceptors (Lipinski definition) is 2. The molecule has 0 radical (unpaired) electrons. The Balaban J connectivity index is 1.79. The third kappa shape index (κ3) is 4.09. The van der Waals surface area contributed by atoms with Gasteiger partial charge in [-0.3, -0.25) is 4.98 Å². The van der Waals surface area contributed by atoms with Gasteiger partial charge in [-0.15, -0.1) is 0 Å². The molecule has 1 heterocycles. The number of aromatic nitrogens is 1. The van der Waals surface area contributed by atoms with E-state index in [4.69, 9.17) is 4.74 Å². The quantitative estimate of drug-likeness (QED) is 0.721. The summed E-state index contributed by atoms with van der Waals surface area (Å²) >= 11 is 0. The minimum absolute atomic E-state index is 0.170. The van der Waals surface area contributed by atoms with Crippen molar-refractivity contribution in [2.75, 3.05) is 6.61 Å². The fourth-order valence-electron chi connectivity index (χ4n) is 2.17. The molecule has 1 aromatic heterocycles. The Morgan fingerprint density at radius 3 is 2.37 bits per heavy atom. The number of ether oxygens (including phenoxy) is 1. The third-order valence-corrected chi connectivity index (χ3v) is 3.42. The number of benzene rings is 1. The first-order valence-corrected chi connectivity index (χ1v) is 6.77. The van der Waals surface area contributed by atoms with Crippen LogP contribution in [-0.2, 0) is 5.41 Å². The lowest BCUT2D eigenvalue weighted by atomic mass is 9.81. The summed E-state index contributed by atoms with van der Waals surface area (Å²) in [6.07, 6.45) is 5.86. The van der Waals surface area contributed by atoms with Crippen LogP contribution in [0.3, 0.4) is 0 Å². The summed E-state index contributed by atoms with van der Waals surface area (Å²) < 4.78 is 5.72. The van der Waals surface area contributed by atoms with Crippen molar-refractivity contribution in [2.24, 2.45) is 0 Å². The van der Waals surface area contributed by atoms with E-state index in [1.807, 2.05) is 42.7 Å². The molecule has 0 N–H and O–H groups in total. The summed E-state index contributed by atoms with van der Waals surface area (Å²) in [6.45, 7) is 5.30. The van der Waals surface area contributed by atoms with Crippen molar-refractivity contribution in [1.29, 1.82) is 0 Å². The summed E-state index contributed by atoms with van der Waals surface area (Å²) in [4.78, 5) is 4.07.